The number of amides is 3. The first-order valence-corrected chi connectivity index (χ1v) is 49.2. The second kappa shape index (κ2) is 50.2. The van der Waals surface area contributed by atoms with Crippen LogP contribution in [0.1, 0.15) is 216 Å². The van der Waals surface area contributed by atoms with Crippen molar-refractivity contribution >= 4 is 124 Å². The van der Waals surface area contributed by atoms with Crippen LogP contribution < -0.4 is 47.0 Å². The number of nitrogens with zero attached hydrogens (tertiary/aromatic N) is 6. The zero-order valence-corrected chi connectivity index (χ0v) is 77.3. The van der Waals surface area contributed by atoms with Crippen LogP contribution in [0.2, 0.25) is 36.3 Å². The minimum Gasteiger partial charge on any atom is -0.489 e. The third-order valence-corrected chi connectivity index (χ3v) is 32.8. The average Bonchev–Trinajstić information content (AvgIpc) is 1.66. The maximum absolute atomic E-state index is 13.4. The van der Waals surface area contributed by atoms with E-state index in [9.17, 15) is 28.8 Å². The summed E-state index contributed by atoms with van der Waals surface area (Å²) in [5.41, 5.74) is -3.01. The van der Waals surface area contributed by atoms with Crippen molar-refractivity contribution in [2.45, 2.75) is 252 Å². The van der Waals surface area contributed by atoms with Crippen LogP contribution in [-0.2, 0) is 32.9 Å². The Morgan fingerprint density at radius 2 is 0.833 bits per heavy atom. The van der Waals surface area contributed by atoms with Crippen molar-refractivity contribution in [1.29, 1.82) is 0 Å². The molecule has 0 radical (unpaired) electrons. The standard InChI is InChI=1S/C29H47N3O6SSi.C23H33N3O6S.C19H25N3O5S.C10H23IOSi/c1-10-14-23(24-18-22(35-15-11-2)19-25(33)38-24)30-27(34)29(7)20-39-26(31-29)21(3)32-36-16-12-13-17-37-40(8,9)28(4,5)6;1-5-9-18(19-13-17(30-11-6-2)14-20(28)32-19)24-22(29)23(4)15-33-21(25-23)16(3)26-31-12-8-7-10-27;1-5-7-14(15-9-13(26-8-6-2)10-16(23)27-15)20-18(24)19(4)11-28-17(21-19)12(3)22-25;1-10(2,3)13(4,5)12-9-7-6-8-11/h11,18-19,23H,2,10,12-17,20H2,1,3-9H3,(H,30,34);6,13-14,18,27H,2,5,7-12,15H2,1,3-4H3,(H,24,29);6,9-10,14,25H,2,5,7-8,11H2,1,3-4H3,(H,20,24);6-9H2,1-5H3/b32-21+;26-16+;22-12+;/t23-,29+;18-,23+;14-,19+;/m111./s1. The lowest BCUT2D eigenvalue weighted by Crippen LogP contribution is -2.45. The molecule has 3 aliphatic rings. The molecule has 0 saturated carbocycles. The zero-order chi connectivity index (χ0) is 85.5. The number of nitrogens with one attached hydrogen (secondary N) is 3. The first-order valence-electron chi connectivity index (χ1n) is 38.9. The Balaban J connectivity index is 0.000000415. The predicted octanol–water partition coefficient (Wildman–Crippen LogP) is 16.6. The van der Waals surface area contributed by atoms with Crippen molar-refractivity contribution in [3.63, 3.8) is 0 Å². The molecule has 6 heterocycles. The molecule has 33 heteroatoms. The van der Waals surface area contributed by atoms with Crippen molar-refractivity contribution in [1.82, 2.24) is 16.0 Å². The lowest BCUT2D eigenvalue weighted by Gasteiger charge is -2.36. The van der Waals surface area contributed by atoms with Crippen LogP contribution >= 0.6 is 57.9 Å². The molecule has 6 rings (SSSR count). The van der Waals surface area contributed by atoms with Gasteiger partial charge in [0, 0.05) is 55.3 Å². The summed E-state index contributed by atoms with van der Waals surface area (Å²) in [5.74, 6) is 2.66. The number of halogens is 1. The topological polar surface area (TPSA) is 357 Å². The summed E-state index contributed by atoms with van der Waals surface area (Å²) in [4.78, 5) is 100.0. The number of ether oxygens (including phenoxy) is 3. The van der Waals surface area contributed by atoms with Gasteiger partial charge in [-0.05, 0) is 140 Å². The molecule has 0 bridgehead atoms. The Kier molecular flexibility index (Phi) is 44.8. The van der Waals surface area contributed by atoms with Gasteiger partial charge >= 0.3 is 16.9 Å². The van der Waals surface area contributed by atoms with Crippen molar-refractivity contribution in [3.8, 4) is 17.2 Å². The fraction of sp³-hybridized carbons (Fsp3) is 0.630. The van der Waals surface area contributed by atoms with E-state index in [4.69, 9.17) is 61.3 Å². The number of aliphatic hydroxyl groups excluding tert-OH is 1. The van der Waals surface area contributed by atoms with Crippen LogP contribution in [0.25, 0.3) is 0 Å². The van der Waals surface area contributed by atoms with Gasteiger partial charge in [-0.2, -0.15) is 0 Å². The second-order valence-electron chi connectivity index (χ2n) is 31.2. The van der Waals surface area contributed by atoms with E-state index in [2.05, 4.69) is 151 Å². The normalized spacial score (nSPS) is 18.6. The third kappa shape index (κ3) is 34.5. The molecule has 3 amide bonds. The van der Waals surface area contributed by atoms with Crippen molar-refractivity contribution in [2.75, 3.05) is 74.5 Å². The van der Waals surface area contributed by atoms with Gasteiger partial charge in [0.15, 0.2) is 16.6 Å². The average molecular weight is 1800 g/mol. The number of thioether (sulfide) groups is 3. The number of alkyl halides is 1. The molecule has 0 spiro atoms. The molecular formula is C81H128IN9O18S3Si2. The van der Waals surface area contributed by atoms with Crippen LogP contribution in [0.3, 0.4) is 0 Å². The minimum atomic E-state index is -1.72. The largest absolute Gasteiger partial charge is 0.489 e. The Morgan fingerprint density at radius 3 is 1.11 bits per heavy atom. The number of unbranched alkanes of at least 4 members (excludes halogenated alkanes) is 3. The number of aliphatic hydroxyl groups is 1. The minimum absolute atomic E-state index is 0.122. The number of rotatable bonds is 44. The Hall–Kier alpha value is -6.61. The summed E-state index contributed by atoms with van der Waals surface area (Å²) in [6.07, 6.45) is 14.5. The van der Waals surface area contributed by atoms with Gasteiger partial charge in [0.05, 0.1) is 36.3 Å². The number of hydrogen-bond acceptors (Lipinski definition) is 27. The van der Waals surface area contributed by atoms with Crippen molar-refractivity contribution < 1.29 is 70.7 Å². The van der Waals surface area contributed by atoms with Gasteiger partial charge in [-0.15, -0.1) is 35.3 Å². The zero-order valence-electron chi connectivity index (χ0n) is 70.7. The first kappa shape index (κ1) is 102. The summed E-state index contributed by atoms with van der Waals surface area (Å²) in [5, 5.41) is 40.5. The summed E-state index contributed by atoms with van der Waals surface area (Å²) < 4.78 is 46.0. The monoisotopic (exact) mass is 1790 g/mol. The molecule has 0 fully saturated rings. The van der Waals surface area contributed by atoms with E-state index in [0.29, 0.717) is 134 Å². The molecule has 27 nitrogen and oxygen atoms in total. The van der Waals surface area contributed by atoms with E-state index in [-0.39, 0.29) is 49.2 Å². The predicted molar refractivity (Wildman–Crippen MR) is 477 cm³/mol. The van der Waals surface area contributed by atoms with Crippen LogP contribution in [0.15, 0.2) is 132 Å². The summed E-state index contributed by atoms with van der Waals surface area (Å²) in [6, 6.07) is 7.18. The highest BCUT2D eigenvalue weighted by Crippen LogP contribution is 2.39. The van der Waals surface area contributed by atoms with E-state index in [1.807, 2.05) is 27.7 Å². The molecular weight excluding hydrogens is 1670 g/mol. The fourth-order valence-corrected chi connectivity index (χ4v) is 16.0. The molecule has 0 aliphatic carbocycles. The highest BCUT2D eigenvalue weighted by Gasteiger charge is 2.44. The van der Waals surface area contributed by atoms with E-state index in [0.717, 1.165) is 45.3 Å². The molecule has 114 heavy (non-hydrogen) atoms. The Bertz CT molecular complexity index is 3970. The maximum Gasteiger partial charge on any atom is 0.339 e. The van der Waals surface area contributed by atoms with Crippen LogP contribution in [0.4, 0.5) is 0 Å². The number of aliphatic imine (C=N–C) groups is 3. The number of carbonyl (C=O) groups excluding carboxylic acids is 3. The molecule has 6 atom stereocenters. The lowest BCUT2D eigenvalue weighted by atomic mass is 10.0. The molecule has 0 aromatic carbocycles. The van der Waals surface area contributed by atoms with Crippen LogP contribution in [-0.4, -0.2) is 168 Å². The SMILES string of the molecule is C=CCOc1cc([C@@H](CCC)NC(=O)[C@]2(C)CSC(/C(C)=N/O)=N2)oc(=O)c1.C=CCOc1cc([C@@H](CCC)NC(=O)[C@]2(C)CSC(/C(C)=N/OCCCCO)=N2)oc(=O)c1.C=CCOc1cc([C@@H](CCC)NC(=O)[C@]2(C)CSC(/C(C)=N/OCCCCO[Si](C)(C)C(C)(C)C)=N2)oc(=O)c1.CC(C)(C)[Si](C)(C)OCCCCI. The molecule has 5 N–H and O–H groups in total. The van der Waals surface area contributed by atoms with E-state index >= 15 is 0 Å². The summed E-state index contributed by atoms with van der Waals surface area (Å²) in [7, 11) is -3.18. The number of oxime groups is 3. The molecule has 3 aromatic heterocycles. The van der Waals surface area contributed by atoms with Gasteiger partial charge in [0.1, 0.15) is 116 Å². The second-order valence-corrected chi connectivity index (χ2v) is 44.8. The molecule has 3 aliphatic heterocycles. The van der Waals surface area contributed by atoms with Gasteiger partial charge < -0.3 is 72.3 Å². The van der Waals surface area contributed by atoms with Gasteiger partial charge in [-0.25, -0.2) is 14.4 Å². The first-order chi connectivity index (χ1) is 53.7. The van der Waals surface area contributed by atoms with Gasteiger partial charge in [0.2, 0.25) is 17.7 Å². The van der Waals surface area contributed by atoms with Crippen LogP contribution in [0, 0.1) is 0 Å². The van der Waals surface area contributed by atoms with E-state index in [1.165, 1.54) is 70.8 Å². The Labute approximate surface area is 703 Å². The molecule has 0 saturated heterocycles. The van der Waals surface area contributed by atoms with Gasteiger partial charge in [0.25, 0.3) is 0 Å². The van der Waals surface area contributed by atoms with Gasteiger partial charge in [-0.3, -0.25) is 29.4 Å². The van der Waals surface area contributed by atoms with Gasteiger partial charge in [-0.1, -0.05) is 158 Å². The van der Waals surface area contributed by atoms with Crippen molar-refractivity contribution in [2.24, 2.45) is 30.4 Å². The highest BCUT2D eigenvalue weighted by atomic mass is 127. The summed E-state index contributed by atoms with van der Waals surface area (Å²) in [6.45, 7) is 53.5. The quantitative estimate of drug-likeness (QED) is 0.00513. The molecule has 0 unspecified atom stereocenters. The highest BCUT2D eigenvalue weighted by molar-refractivity contribution is 14.1. The maximum atomic E-state index is 13.4. The lowest BCUT2D eigenvalue weighted by molar-refractivity contribution is -0.126. The van der Waals surface area contributed by atoms with E-state index < -0.39 is 68.3 Å². The van der Waals surface area contributed by atoms with E-state index in [1.54, 1.807) is 71.0 Å². The number of carbonyl (C=O) groups is 3. The van der Waals surface area contributed by atoms with Crippen molar-refractivity contribution in [3.05, 3.63) is 123 Å². The third-order valence-electron chi connectivity index (χ3n) is 18.9. The smallest absolute Gasteiger partial charge is 0.339 e. The Morgan fingerprint density at radius 1 is 0.535 bits per heavy atom. The fourth-order valence-electron chi connectivity index (χ4n) is 9.95. The van der Waals surface area contributed by atoms with Crippen LogP contribution in [0.5, 0.6) is 17.2 Å². The molecule has 638 valence electrons. The summed E-state index contributed by atoms with van der Waals surface area (Å²) >= 11 is 6.69. The number of hydrogen-bond donors (Lipinski definition) is 5. The molecule has 3 aromatic rings.